The van der Waals surface area contributed by atoms with Crippen molar-refractivity contribution in [2.24, 2.45) is 0 Å². The largest absolute Gasteiger partial charge is 0.319 e. The van der Waals surface area contributed by atoms with E-state index < -0.39 is 5.82 Å². The molecule has 0 bridgehead atoms. The molecule has 4 nitrogen and oxygen atoms in total. The molecule has 0 spiro atoms. The van der Waals surface area contributed by atoms with E-state index in [0.717, 1.165) is 40.1 Å². The Labute approximate surface area is 153 Å². The third-order valence-electron chi connectivity index (χ3n) is 4.32. The van der Waals surface area contributed by atoms with Gasteiger partial charge in [-0.25, -0.2) is 14.4 Å². The van der Waals surface area contributed by atoms with Gasteiger partial charge in [-0.1, -0.05) is 11.6 Å². The third kappa shape index (κ3) is 3.00. The van der Waals surface area contributed by atoms with Crippen molar-refractivity contribution in [3.8, 4) is 0 Å². The smallest absolute Gasteiger partial charge is 0.266 e. The Bertz CT molecular complexity index is 1010. The number of aryl methyl sites for hydroxylation is 2. The quantitative estimate of drug-likeness (QED) is 0.681. The number of rotatable bonds is 3. The fourth-order valence-electron chi connectivity index (χ4n) is 2.87. The Balaban J connectivity index is 1.71. The Hall–Kier alpha value is -2.05. The molecule has 25 heavy (non-hydrogen) atoms. The summed E-state index contributed by atoms with van der Waals surface area (Å²) in [5, 5.41) is 3.81. The van der Waals surface area contributed by atoms with Gasteiger partial charge in [-0.3, -0.25) is 4.79 Å². The Morgan fingerprint density at radius 3 is 2.76 bits per heavy atom. The van der Waals surface area contributed by atoms with E-state index in [-0.39, 0.29) is 16.6 Å². The molecule has 7 heteroatoms. The monoisotopic (exact) mass is 375 g/mol. The van der Waals surface area contributed by atoms with Crippen molar-refractivity contribution in [1.29, 1.82) is 0 Å². The normalized spacial score (nSPS) is 14.1. The minimum Gasteiger partial charge on any atom is -0.319 e. The number of benzene rings is 1. The molecule has 4 rings (SSSR count). The van der Waals surface area contributed by atoms with Crippen LogP contribution in [0.4, 0.5) is 10.1 Å². The summed E-state index contributed by atoms with van der Waals surface area (Å²) in [6.45, 7) is 3.81. The highest BCUT2D eigenvalue weighted by Crippen LogP contribution is 2.40. The standard InChI is InChI=1S/C18H15ClFN3OS/c1-8-14-9(2)21-16(10-3-4-10)23-18(14)25-15(8)17(24)22-13-6-5-11(19)7-12(13)20/h5-7,10H,3-4H2,1-2H3,(H,22,24). The maximum atomic E-state index is 13.9. The molecular formula is C18H15ClFN3OS. The van der Waals surface area contributed by atoms with Gasteiger partial charge >= 0.3 is 0 Å². The summed E-state index contributed by atoms with van der Waals surface area (Å²) in [7, 11) is 0. The van der Waals surface area contributed by atoms with Crippen LogP contribution in [0, 0.1) is 19.7 Å². The maximum absolute atomic E-state index is 13.9. The van der Waals surface area contributed by atoms with Gasteiger partial charge in [-0.15, -0.1) is 11.3 Å². The first-order valence-electron chi connectivity index (χ1n) is 7.98. The van der Waals surface area contributed by atoms with Crippen molar-refractivity contribution < 1.29 is 9.18 Å². The predicted molar refractivity (Wildman–Crippen MR) is 98.2 cm³/mol. The van der Waals surface area contributed by atoms with Gasteiger partial charge in [-0.2, -0.15) is 0 Å². The van der Waals surface area contributed by atoms with E-state index in [1.54, 1.807) is 0 Å². The van der Waals surface area contributed by atoms with Crippen molar-refractivity contribution in [3.05, 3.63) is 51.0 Å². The highest BCUT2D eigenvalue weighted by atomic mass is 35.5. The average molecular weight is 376 g/mol. The molecule has 3 aromatic rings. The molecule has 128 valence electrons. The second-order valence-electron chi connectivity index (χ2n) is 6.26. The third-order valence-corrected chi connectivity index (χ3v) is 5.74. The highest BCUT2D eigenvalue weighted by Gasteiger charge is 2.28. The first-order chi connectivity index (χ1) is 11.9. The van der Waals surface area contributed by atoms with Gasteiger partial charge in [0.25, 0.3) is 5.91 Å². The lowest BCUT2D eigenvalue weighted by Gasteiger charge is -2.06. The molecule has 0 aliphatic heterocycles. The summed E-state index contributed by atoms with van der Waals surface area (Å²) >= 11 is 7.07. The summed E-state index contributed by atoms with van der Waals surface area (Å²) in [6, 6.07) is 4.16. The molecule has 1 aliphatic carbocycles. The molecule has 1 saturated carbocycles. The number of nitrogens with one attached hydrogen (secondary N) is 1. The van der Waals surface area contributed by atoms with Gasteiger partial charge in [0.2, 0.25) is 0 Å². The van der Waals surface area contributed by atoms with E-state index in [0.29, 0.717) is 10.8 Å². The number of aromatic nitrogens is 2. The molecule has 2 aromatic heterocycles. The number of carbonyl (C=O) groups is 1. The molecule has 0 saturated heterocycles. The SMILES string of the molecule is Cc1nc(C2CC2)nc2sc(C(=O)Nc3ccc(Cl)cc3F)c(C)c12. The lowest BCUT2D eigenvalue weighted by molar-refractivity contribution is 0.102. The van der Waals surface area contributed by atoms with Crippen LogP contribution >= 0.6 is 22.9 Å². The average Bonchev–Trinajstić information content (AvgIpc) is 3.34. The van der Waals surface area contributed by atoms with Crippen LogP contribution in [0.1, 0.15) is 45.5 Å². The number of hydrogen-bond donors (Lipinski definition) is 1. The zero-order chi connectivity index (χ0) is 17.7. The van der Waals surface area contributed by atoms with Crippen molar-refractivity contribution in [2.45, 2.75) is 32.6 Å². The van der Waals surface area contributed by atoms with Crippen molar-refractivity contribution in [2.75, 3.05) is 5.32 Å². The van der Waals surface area contributed by atoms with E-state index in [9.17, 15) is 9.18 Å². The van der Waals surface area contributed by atoms with E-state index in [4.69, 9.17) is 11.6 Å². The van der Waals surface area contributed by atoms with Crippen LogP contribution < -0.4 is 5.32 Å². The minimum absolute atomic E-state index is 0.104. The van der Waals surface area contributed by atoms with Crippen LogP contribution in [0.3, 0.4) is 0 Å². The number of anilines is 1. The summed E-state index contributed by atoms with van der Waals surface area (Å²) < 4.78 is 13.9. The molecule has 0 unspecified atom stereocenters. The summed E-state index contributed by atoms with van der Waals surface area (Å²) in [6.07, 6.45) is 2.25. The van der Waals surface area contributed by atoms with Gasteiger partial charge in [-0.05, 0) is 50.5 Å². The zero-order valence-corrected chi connectivity index (χ0v) is 15.3. The molecular weight excluding hydrogens is 361 g/mol. The minimum atomic E-state index is -0.563. The molecule has 1 aliphatic rings. The summed E-state index contributed by atoms with van der Waals surface area (Å²) in [5.41, 5.74) is 1.82. The van der Waals surface area contributed by atoms with E-state index >= 15 is 0 Å². The number of thiophene rings is 1. The van der Waals surface area contributed by atoms with Crippen LogP contribution in [0.5, 0.6) is 0 Å². The molecule has 1 N–H and O–H groups in total. The van der Waals surface area contributed by atoms with Gasteiger partial charge in [0, 0.05) is 16.3 Å². The maximum Gasteiger partial charge on any atom is 0.266 e. The molecule has 1 aromatic carbocycles. The lowest BCUT2D eigenvalue weighted by atomic mass is 10.1. The van der Waals surface area contributed by atoms with Gasteiger partial charge in [0.15, 0.2) is 0 Å². The lowest BCUT2D eigenvalue weighted by Crippen LogP contribution is -2.12. The summed E-state index contributed by atoms with van der Waals surface area (Å²) in [4.78, 5) is 23.2. The first-order valence-corrected chi connectivity index (χ1v) is 9.17. The second kappa shape index (κ2) is 6.04. The molecule has 0 radical (unpaired) electrons. The molecule has 0 atom stereocenters. The second-order valence-corrected chi connectivity index (χ2v) is 7.69. The number of nitrogens with zero attached hydrogens (tertiary/aromatic N) is 2. The first kappa shape index (κ1) is 16.4. The van der Waals surface area contributed by atoms with Crippen LogP contribution in [0.25, 0.3) is 10.2 Å². The van der Waals surface area contributed by atoms with Crippen LogP contribution in [0.2, 0.25) is 5.02 Å². The molecule has 2 heterocycles. The Morgan fingerprint density at radius 1 is 1.32 bits per heavy atom. The number of amides is 1. The molecule has 1 amide bonds. The van der Waals surface area contributed by atoms with E-state index in [1.807, 2.05) is 13.8 Å². The Morgan fingerprint density at radius 2 is 2.08 bits per heavy atom. The van der Waals surface area contributed by atoms with Crippen molar-refractivity contribution in [1.82, 2.24) is 9.97 Å². The van der Waals surface area contributed by atoms with Gasteiger partial charge < -0.3 is 5.32 Å². The van der Waals surface area contributed by atoms with Crippen molar-refractivity contribution in [3.63, 3.8) is 0 Å². The summed E-state index contributed by atoms with van der Waals surface area (Å²) in [5.74, 6) is 0.397. The van der Waals surface area contributed by atoms with E-state index in [1.165, 1.54) is 29.5 Å². The fraction of sp³-hybridized carbons (Fsp3) is 0.278. The number of fused-ring (bicyclic) bond motifs is 1. The van der Waals surface area contributed by atoms with Crippen LogP contribution in [-0.2, 0) is 0 Å². The van der Waals surface area contributed by atoms with Gasteiger partial charge in [0.05, 0.1) is 16.3 Å². The number of halogens is 2. The van der Waals surface area contributed by atoms with Crippen molar-refractivity contribution >= 4 is 44.7 Å². The molecule has 1 fully saturated rings. The van der Waals surface area contributed by atoms with E-state index in [2.05, 4.69) is 15.3 Å². The zero-order valence-electron chi connectivity index (χ0n) is 13.7. The van der Waals surface area contributed by atoms with Crippen LogP contribution in [-0.4, -0.2) is 15.9 Å². The predicted octanol–water partition coefficient (Wildman–Crippen LogP) is 5.23. The number of carbonyl (C=O) groups excluding carboxylic acids is 1. The van der Waals surface area contributed by atoms with Gasteiger partial charge in [0.1, 0.15) is 16.5 Å². The Kier molecular flexibility index (Phi) is 3.96. The van der Waals surface area contributed by atoms with Crippen LogP contribution in [0.15, 0.2) is 18.2 Å². The topological polar surface area (TPSA) is 54.9 Å². The number of hydrogen-bond acceptors (Lipinski definition) is 4. The fourth-order valence-corrected chi connectivity index (χ4v) is 4.16. The highest BCUT2D eigenvalue weighted by molar-refractivity contribution is 7.20.